The van der Waals surface area contributed by atoms with Gasteiger partial charge in [-0.05, 0) is 36.1 Å². The summed E-state index contributed by atoms with van der Waals surface area (Å²) in [6, 6.07) is 0. The van der Waals surface area contributed by atoms with E-state index in [1.54, 1.807) is 0 Å². The highest BCUT2D eigenvalue weighted by atomic mass is 32.2. The molecule has 1 atom stereocenters. The number of aromatic nitrogens is 4. The van der Waals surface area contributed by atoms with E-state index in [0.717, 1.165) is 31.1 Å². The molecular weight excluding hydrogens is 236 g/mol. The summed E-state index contributed by atoms with van der Waals surface area (Å²) in [5.74, 6) is 0. The number of nitrogens with zero attached hydrogens (tertiary/aromatic N) is 4. The van der Waals surface area contributed by atoms with E-state index in [0.29, 0.717) is 11.4 Å². The van der Waals surface area contributed by atoms with E-state index >= 15 is 0 Å². The Morgan fingerprint density at radius 1 is 1.24 bits per heavy atom. The Kier molecular flexibility index (Phi) is 3.61. The van der Waals surface area contributed by atoms with Crippen LogP contribution in [0.2, 0.25) is 0 Å². The summed E-state index contributed by atoms with van der Waals surface area (Å²) < 4.78 is 7.54. The van der Waals surface area contributed by atoms with Gasteiger partial charge in [-0.3, -0.25) is 0 Å². The number of hydrogen-bond acceptors (Lipinski definition) is 5. The Balaban J connectivity index is 1.61. The molecule has 1 saturated heterocycles. The SMILES string of the molecule is C1CCC(Sc2nnnn2C[C@H]2CCCO2)C1. The largest absolute Gasteiger partial charge is 0.376 e. The van der Waals surface area contributed by atoms with Crippen LogP contribution in [0.15, 0.2) is 5.16 Å². The minimum Gasteiger partial charge on any atom is -0.376 e. The van der Waals surface area contributed by atoms with Crippen molar-refractivity contribution in [3.63, 3.8) is 0 Å². The van der Waals surface area contributed by atoms with Crippen molar-refractivity contribution in [3.8, 4) is 0 Å². The van der Waals surface area contributed by atoms with Gasteiger partial charge in [0.25, 0.3) is 0 Å². The molecular formula is C11H18N4OS. The summed E-state index contributed by atoms with van der Waals surface area (Å²) in [5, 5.41) is 13.7. The predicted molar refractivity (Wildman–Crippen MR) is 64.9 cm³/mol. The maximum atomic E-state index is 5.63. The zero-order valence-corrected chi connectivity index (χ0v) is 10.7. The minimum absolute atomic E-state index is 0.307. The fourth-order valence-electron chi connectivity index (χ4n) is 2.53. The van der Waals surface area contributed by atoms with E-state index in [1.165, 1.54) is 25.7 Å². The van der Waals surface area contributed by atoms with Gasteiger partial charge in [0.1, 0.15) is 0 Å². The van der Waals surface area contributed by atoms with Crippen LogP contribution in [-0.2, 0) is 11.3 Å². The van der Waals surface area contributed by atoms with Crippen molar-refractivity contribution in [1.82, 2.24) is 20.2 Å². The average Bonchev–Trinajstić information content (AvgIpc) is 3.04. The van der Waals surface area contributed by atoms with Crippen molar-refractivity contribution in [2.45, 2.75) is 61.6 Å². The van der Waals surface area contributed by atoms with Crippen molar-refractivity contribution in [2.75, 3.05) is 6.61 Å². The van der Waals surface area contributed by atoms with Gasteiger partial charge in [0.05, 0.1) is 12.6 Å². The number of rotatable bonds is 4. The van der Waals surface area contributed by atoms with Crippen LogP contribution in [0.4, 0.5) is 0 Å². The monoisotopic (exact) mass is 254 g/mol. The van der Waals surface area contributed by atoms with Gasteiger partial charge in [0.15, 0.2) is 0 Å². The molecule has 0 radical (unpaired) electrons. The molecule has 1 aromatic rings. The lowest BCUT2D eigenvalue weighted by Crippen LogP contribution is -2.17. The van der Waals surface area contributed by atoms with E-state index in [4.69, 9.17) is 4.74 Å². The summed E-state index contributed by atoms with van der Waals surface area (Å²) in [5.41, 5.74) is 0. The lowest BCUT2D eigenvalue weighted by molar-refractivity contribution is 0.0911. The third-order valence-corrected chi connectivity index (χ3v) is 4.78. The molecule has 0 N–H and O–H groups in total. The van der Waals surface area contributed by atoms with Gasteiger partial charge in [-0.25, -0.2) is 4.68 Å². The van der Waals surface area contributed by atoms with Gasteiger partial charge in [0.2, 0.25) is 5.16 Å². The molecule has 1 saturated carbocycles. The first-order chi connectivity index (χ1) is 8.42. The second-order valence-electron chi connectivity index (χ2n) is 4.80. The fraction of sp³-hybridized carbons (Fsp3) is 0.909. The quantitative estimate of drug-likeness (QED) is 0.821. The van der Waals surface area contributed by atoms with Crippen molar-refractivity contribution in [3.05, 3.63) is 0 Å². The summed E-state index contributed by atoms with van der Waals surface area (Å²) in [6.07, 6.45) is 7.91. The van der Waals surface area contributed by atoms with Crippen LogP contribution in [0.1, 0.15) is 38.5 Å². The molecule has 2 heterocycles. The van der Waals surface area contributed by atoms with Crippen molar-refractivity contribution >= 4 is 11.8 Å². The lowest BCUT2D eigenvalue weighted by Gasteiger charge is -2.11. The van der Waals surface area contributed by atoms with Gasteiger partial charge >= 0.3 is 0 Å². The Labute approximate surface area is 105 Å². The molecule has 1 aliphatic heterocycles. The van der Waals surface area contributed by atoms with Gasteiger partial charge < -0.3 is 4.74 Å². The van der Waals surface area contributed by atoms with Gasteiger partial charge in [0, 0.05) is 11.9 Å². The first kappa shape index (κ1) is 11.5. The highest BCUT2D eigenvalue weighted by molar-refractivity contribution is 7.99. The zero-order valence-electron chi connectivity index (χ0n) is 9.92. The molecule has 5 nitrogen and oxygen atoms in total. The van der Waals surface area contributed by atoms with Crippen LogP contribution in [0, 0.1) is 0 Å². The Hall–Kier alpha value is -0.620. The molecule has 0 unspecified atom stereocenters. The molecule has 0 aromatic carbocycles. The molecule has 2 aliphatic rings. The minimum atomic E-state index is 0.307. The van der Waals surface area contributed by atoms with Crippen LogP contribution in [0.3, 0.4) is 0 Å². The molecule has 1 aliphatic carbocycles. The third kappa shape index (κ3) is 2.80. The highest BCUT2D eigenvalue weighted by Gasteiger charge is 2.22. The Bertz CT molecular complexity index is 326. The number of thioether (sulfide) groups is 1. The van der Waals surface area contributed by atoms with Crippen molar-refractivity contribution in [2.24, 2.45) is 0 Å². The van der Waals surface area contributed by atoms with E-state index < -0.39 is 0 Å². The van der Waals surface area contributed by atoms with Crippen LogP contribution < -0.4 is 0 Å². The average molecular weight is 254 g/mol. The normalized spacial score (nSPS) is 25.8. The molecule has 3 rings (SSSR count). The number of tetrazole rings is 1. The maximum absolute atomic E-state index is 5.63. The van der Waals surface area contributed by atoms with Gasteiger partial charge in [-0.2, -0.15) is 0 Å². The summed E-state index contributed by atoms with van der Waals surface area (Å²) in [7, 11) is 0. The Morgan fingerprint density at radius 2 is 2.12 bits per heavy atom. The molecule has 6 heteroatoms. The van der Waals surface area contributed by atoms with Crippen molar-refractivity contribution in [1.29, 1.82) is 0 Å². The van der Waals surface area contributed by atoms with Crippen LogP contribution in [0.5, 0.6) is 0 Å². The number of ether oxygens (including phenoxy) is 1. The van der Waals surface area contributed by atoms with E-state index in [9.17, 15) is 0 Å². The lowest BCUT2D eigenvalue weighted by atomic mass is 10.2. The van der Waals surface area contributed by atoms with Crippen LogP contribution >= 0.6 is 11.8 Å². The molecule has 2 fully saturated rings. The van der Waals surface area contributed by atoms with Gasteiger partial charge in [-0.1, -0.05) is 24.6 Å². The highest BCUT2D eigenvalue weighted by Crippen LogP contribution is 2.33. The van der Waals surface area contributed by atoms with Crippen molar-refractivity contribution < 1.29 is 4.74 Å². The second-order valence-corrected chi connectivity index (χ2v) is 6.07. The molecule has 1 aromatic heterocycles. The Morgan fingerprint density at radius 3 is 2.88 bits per heavy atom. The van der Waals surface area contributed by atoms with Crippen LogP contribution in [0.25, 0.3) is 0 Å². The third-order valence-electron chi connectivity index (χ3n) is 3.47. The molecule has 0 amide bonds. The molecule has 17 heavy (non-hydrogen) atoms. The zero-order chi connectivity index (χ0) is 11.5. The van der Waals surface area contributed by atoms with E-state index in [2.05, 4.69) is 15.5 Å². The molecule has 0 bridgehead atoms. The standard InChI is InChI=1S/C11H18N4OS/c1-2-6-10(5-1)17-11-12-13-14-15(11)8-9-4-3-7-16-9/h9-10H,1-8H2/t9-/m1/s1. The van der Waals surface area contributed by atoms with E-state index in [-0.39, 0.29) is 0 Å². The molecule has 94 valence electrons. The first-order valence-electron chi connectivity index (χ1n) is 6.46. The predicted octanol–water partition coefficient (Wildman–Crippen LogP) is 1.89. The molecule has 0 spiro atoms. The first-order valence-corrected chi connectivity index (χ1v) is 7.34. The van der Waals surface area contributed by atoms with Crippen LogP contribution in [-0.4, -0.2) is 38.2 Å². The smallest absolute Gasteiger partial charge is 0.209 e. The topological polar surface area (TPSA) is 52.8 Å². The summed E-state index contributed by atoms with van der Waals surface area (Å²) in [6.45, 7) is 1.69. The fourth-order valence-corrected chi connectivity index (χ4v) is 3.72. The van der Waals surface area contributed by atoms with E-state index in [1.807, 2.05) is 16.4 Å². The van der Waals surface area contributed by atoms with Gasteiger partial charge in [-0.15, -0.1) is 5.10 Å². The number of hydrogen-bond donors (Lipinski definition) is 0. The maximum Gasteiger partial charge on any atom is 0.209 e. The summed E-state index contributed by atoms with van der Waals surface area (Å²) >= 11 is 1.84. The summed E-state index contributed by atoms with van der Waals surface area (Å²) in [4.78, 5) is 0. The second kappa shape index (κ2) is 5.35.